The van der Waals surface area contributed by atoms with E-state index in [0.717, 1.165) is 10.0 Å². The number of ether oxygens (including phenoxy) is 1. The Bertz CT molecular complexity index is 337. The molecular formula is C10H13BrF2N2O. The van der Waals surface area contributed by atoms with Crippen LogP contribution in [0.1, 0.15) is 5.56 Å². The Kier molecular flexibility index (Phi) is 5.62. The van der Waals surface area contributed by atoms with E-state index in [4.69, 9.17) is 4.74 Å². The first-order chi connectivity index (χ1) is 7.61. The third-order valence-electron chi connectivity index (χ3n) is 1.86. The number of hydrogen-bond acceptors (Lipinski definition) is 3. The number of pyridine rings is 1. The Labute approximate surface area is 101 Å². The standard InChI is InChI=1S/C10H13BrF2N2O/c1-7-2-3-14-10(9(7)11)15-4-5-16-6-8(12)13/h2-3,8H,4-6H2,1H3,(H,14,15). The average Bonchev–Trinajstić information content (AvgIpc) is 2.23. The summed E-state index contributed by atoms with van der Waals surface area (Å²) in [5, 5.41) is 3.00. The lowest BCUT2D eigenvalue weighted by Gasteiger charge is -2.09. The van der Waals surface area contributed by atoms with E-state index in [2.05, 4.69) is 26.2 Å². The van der Waals surface area contributed by atoms with Gasteiger partial charge in [0.2, 0.25) is 0 Å². The third-order valence-corrected chi connectivity index (χ3v) is 2.87. The second-order valence-electron chi connectivity index (χ2n) is 3.18. The lowest BCUT2D eigenvalue weighted by Crippen LogP contribution is -2.14. The van der Waals surface area contributed by atoms with Gasteiger partial charge in [-0.25, -0.2) is 13.8 Å². The molecule has 0 aliphatic carbocycles. The third kappa shape index (κ3) is 4.40. The number of alkyl halides is 2. The number of hydrogen-bond donors (Lipinski definition) is 1. The van der Waals surface area contributed by atoms with Crippen molar-refractivity contribution in [3.63, 3.8) is 0 Å². The van der Waals surface area contributed by atoms with Crippen molar-refractivity contribution in [2.75, 3.05) is 25.1 Å². The van der Waals surface area contributed by atoms with Crippen LogP contribution in [-0.4, -0.2) is 31.2 Å². The van der Waals surface area contributed by atoms with Gasteiger partial charge in [-0.15, -0.1) is 0 Å². The lowest BCUT2D eigenvalue weighted by molar-refractivity contribution is 0.0215. The van der Waals surface area contributed by atoms with Gasteiger partial charge in [-0.1, -0.05) is 0 Å². The summed E-state index contributed by atoms with van der Waals surface area (Å²) in [6.45, 7) is 2.10. The second-order valence-corrected chi connectivity index (χ2v) is 3.98. The molecule has 90 valence electrons. The summed E-state index contributed by atoms with van der Waals surface area (Å²) in [5.41, 5.74) is 1.06. The first-order valence-electron chi connectivity index (χ1n) is 4.82. The van der Waals surface area contributed by atoms with Crippen LogP contribution < -0.4 is 5.32 Å². The van der Waals surface area contributed by atoms with Crippen molar-refractivity contribution in [3.8, 4) is 0 Å². The summed E-state index contributed by atoms with van der Waals surface area (Å²) >= 11 is 3.39. The molecule has 0 saturated carbocycles. The Morgan fingerprint density at radius 3 is 3.00 bits per heavy atom. The number of nitrogens with one attached hydrogen (secondary N) is 1. The number of rotatable bonds is 6. The van der Waals surface area contributed by atoms with Gasteiger partial charge in [0.25, 0.3) is 6.43 Å². The van der Waals surface area contributed by atoms with Gasteiger partial charge in [0.15, 0.2) is 0 Å². The molecule has 16 heavy (non-hydrogen) atoms. The van der Waals surface area contributed by atoms with E-state index >= 15 is 0 Å². The summed E-state index contributed by atoms with van der Waals surface area (Å²) in [6, 6.07) is 1.88. The van der Waals surface area contributed by atoms with E-state index in [1.54, 1.807) is 6.20 Å². The van der Waals surface area contributed by atoms with Gasteiger partial charge in [0, 0.05) is 12.7 Å². The maximum absolute atomic E-state index is 11.7. The zero-order valence-corrected chi connectivity index (χ0v) is 10.4. The van der Waals surface area contributed by atoms with Gasteiger partial charge < -0.3 is 10.1 Å². The Balaban J connectivity index is 2.29. The van der Waals surface area contributed by atoms with Gasteiger partial charge in [0.1, 0.15) is 12.4 Å². The van der Waals surface area contributed by atoms with Crippen LogP contribution in [0.15, 0.2) is 16.7 Å². The minimum absolute atomic E-state index is 0.229. The lowest BCUT2D eigenvalue weighted by atomic mass is 10.3. The molecule has 0 bridgehead atoms. The highest BCUT2D eigenvalue weighted by Gasteiger charge is 2.04. The van der Waals surface area contributed by atoms with Crippen LogP contribution in [0.5, 0.6) is 0 Å². The fourth-order valence-electron chi connectivity index (χ4n) is 1.08. The minimum Gasteiger partial charge on any atom is -0.374 e. The number of nitrogens with zero attached hydrogens (tertiary/aromatic N) is 1. The monoisotopic (exact) mass is 294 g/mol. The fraction of sp³-hybridized carbons (Fsp3) is 0.500. The van der Waals surface area contributed by atoms with Crippen LogP contribution in [-0.2, 0) is 4.74 Å². The van der Waals surface area contributed by atoms with E-state index in [9.17, 15) is 8.78 Å². The molecule has 6 heteroatoms. The second kappa shape index (κ2) is 6.75. The van der Waals surface area contributed by atoms with E-state index in [1.165, 1.54) is 0 Å². The van der Waals surface area contributed by atoms with Crippen LogP contribution in [0.25, 0.3) is 0 Å². The normalized spacial score (nSPS) is 10.8. The summed E-state index contributed by atoms with van der Waals surface area (Å²) in [6.07, 6.45) is -0.730. The molecule has 0 spiro atoms. The molecule has 0 saturated heterocycles. The maximum atomic E-state index is 11.7. The van der Waals surface area contributed by atoms with Crippen molar-refractivity contribution in [3.05, 3.63) is 22.3 Å². The molecule has 3 nitrogen and oxygen atoms in total. The first-order valence-corrected chi connectivity index (χ1v) is 5.61. The summed E-state index contributed by atoms with van der Waals surface area (Å²) in [7, 11) is 0. The van der Waals surface area contributed by atoms with Crippen LogP contribution in [0, 0.1) is 6.92 Å². The highest BCUT2D eigenvalue weighted by molar-refractivity contribution is 9.10. The maximum Gasteiger partial charge on any atom is 0.261 e. The molecule has 0 unspecified atom stereocenters. The van der Waals surface area contributed by atoms with Gasteiger partial charge in [-0.05, 0) is 34.5 Å². The molecule has 0 fully saturated rings. The van der Waals surface area contributed by atoms with Crippen LogP contribution in [0.3, 0.4) is 0 Å². The minimum atomic E-state index is -2.41. The van der Waals surface area contributed by atoms with Crippen LogP contribution >= 0.6 is 15.9 Å². The van der Waals surface area contributed by atoms with E-state index < -0.39 is 13.0 Å². The van der Waals surface area contributed by atoms with Crippen molar-refractivity contribution < 1.29 is 13.5 Å². The SMILES string of the molecule is Cc1ccnc(NCCOCC(F)F)c1Br. The summed E-state index contributed by atoms with van der Waals surface area (Å²) < 4.78 is 29.1. The molecule has 0 aliphatic rings. The van der Waals surface area contributed by atoms with E-state index in [0.29, 0.717) is 12.4 Å². The number of aryl methyl sites for hydroxylation is 1. The summed E-state index contributed by atoms with van der Waals surface area (Å²) in [4.78, 5) is 4.11. The highest BCUT2D eigenvalue weighted by Crippen LogP contribution is 2.22. The van der Waals surface area contributed by atoms with Gasteiger partial charge in [-0.3, -0.25) is 0 Å². The molecule has 0 atom stereocenters. The summed E-state index contributed by atoms with van der Waals surface area (Å²) in [5.74, 6) is 0.695. The number of aromatic nitrogens is 1. The van der Waals surface area contributed by atoms with Gasteiger partial charge in [0.05, 0.1) is 11.1 Å². The van der Waals surface area contributed by atoms with Crippen LogP contribution in [0.4, 0.5) is 14.6 Å². The Hall–Kier alpha value is -0.750. The van der Waals surface area contributed by atoms with E-state index in [1.807, 2.05) is 13.0 Å². The molecule has 1 aromatic heterocycles. The van der Waals surface area contributed by atoms with Crippen LogP contribution in [0.2, 0.25) is 0 Å². The number of halogens is 3. The van der Waals surface area contributed by atoms with Crippen molar-refractivity contribution in [1.29, 1.82) is 0 Å². The van der Waals surface area contributed by atoms with Gasteiger partial charge in [-0.2, -0.15) is 0 Å². The Morgan fingerprint density at radius 2 is 2.31 bits per heavy atom. The largest absolute Gasteiger partial charge is 0.374 e. The predicted molar refractivity (Wildman–Crippen MR) is 62.0 cm³/mol. The topological polar surface area (TPSA) is 34.2 Å². The molecule has 0 radical (unpaired) electrons. The first kappa shape index (κ1) is 13.3. The quantitative estimate of drug-likeness (QED) is 0.819. The molecule has 0 amide bonds. The van der Waals surface area contributed by atoms with Gasteiger partial charge >= 0.3 is 0 Å². The molecular weight excluding hydrogens is 282 g/mol. The zero-order chi connectivity index (χ0) is 12.0. The smallest absolute Gasteiger partial charge is 0.261 e. The highest BCUT2D eigenvalue weighted by atomic mass is 79.9. The van der Waals surface area contributed by atoms with E-state index in [-0.39, 0.29) is 6.61 Å². The average molecular weight is 295 g/mol. The zero-order valence-electron chi connectivity index (χ0n) is 8.84. The van der Waals surface area contributed by atoms with Crippen molar-refractivity contribution in [2.24, 2.45) is 0 Å². The van der Waals surface area contributed by atoms with Crippen molar-refractivity contribution in [1.82, 2.24) is 4.98 Å². The molecule has 1 aromatic rings. The predicted octanol–water partition coefficient (Wildman–Crippen LogP) is 2.85. The van der Waals surface area contributed by atoms with Crippen molar-refractivity contribution in [2.45, 2.75) is 13.3 Å². The van der Waals surface area contributed by atoms with Crippen molar-refractivity contribution >= 4 is 21.7 Å². The molecule has 0 aromatic carbocycles. The molecule has 1 N–H and O–H groups in total. The molecule has 1 heterocycles. The number of anilines is 1. The molecule has 1 rings (SSSR count). The Morgan fingerprint density at radius 1 is 1.56 bits per heavy atom. The molecule has 0 aliphatic heterocycles. The fourth-order valence-corrected chi connectivity index (χ4v) is 1.45.